The fourth-order valence-corrected chi connectivity index (χ4v) is 2.60. The molecular formula is C20H42OPo. The van der Waals surface area contributed by atoms with Gasteiger partial charge in [0.15, 0.2) is 0 Å². The van der Waals surface area contributed by atoms with Crippen LogP contribution in [0, 0.1) is 0 Å². The number of allylic oxidation sites excluding steroid dienone is 2. The topological polar surface area (TPSA) is 9.23 Å². The van der Waals surface area contributed by atoms with E-state index in [1.54, 1.807) is 0 Å². The van der Waals surface area contributed by atoms with Crippen LogP contribution in [0.3, 0.4) is 0 Å². The van der Waals surface area contributed by atoms with Crippen molar-refractivity contribution in [1.29, 1.82) is 0 Å². The van der Waals surface area contributed by atoms with Gasteiger partial charge < -0.3 is 4.74 Å². The SMILES string of the molecule is CCCCCCCC/C=C\CCCCCCCCOCC.[PoH2]. The fraction of sp³-hybridized carbons (Fsp3) is 0.900. The number of hydrogen-bond donors (Lipinski definition) is 0. The summed E-state index contributed by atoms with van der Waals surface area (Å²) in [5.41, 5.74) is 0. The van der Waals surface area contributed by atoms with E-state index in [4.69, 9.17) is 4.74 Å². The molecule has 0 bridgehead atoms. The minimum atomic E-state index is 0. The zero-order chi connectivity index (χ0) is 15.4. The third kappa shape index (κ3) is 22.9. The molecule has 2 heteroatoms. The average Bonchev–Trinajstić information content (AvgIpc) is 2.50. The molecule has 0 N–H and O–H groups in total. The first kappa shape index (κ1) is 24.8. The van der Waals surface area contributed by atoms with Gasteiger partial charge in [-0.1, -0.05) is 76.9 Å². The van der Waals surface area contributed by atoms with E-state index in [1.807, 2.05) is 0 Å². The van der Waals surface area contributed by atoms with Crippen LogP contribution in [0.5, 0.6) is 0 Å². The third-order valence-electron chi connectivity index (χ3n) is 4.00. The summed E-state index contributed by atoms with van der Waals surface area (Å²) in [7, 11) is 0. The summed E-state index contributed by atoms with van der Waals surface area (Å²) in [5, 5.41) is 0. The van der Waals surface area contributed by atoms with Gasteiger partial charge in [0.1, 0.15) is 0 Å². The van der Waals surface area contributed by atoms with E-state index in [1.165, 1.54) is 89.9 Å². The number of hydrogen-bond acceptors (Lipinski definition) is 1. The summed E-state index contributed by atoms with van der Waals surface area (Å²) in [6.07, 6.45) is 24.0. The van der Waals surface area contributed by atoms with Crippen LogP contribution < -0.4 is 0 Å². The molecule has 1 nitrogen and oxygen atoms in total. The van der Waals surface area contributed by atoms with Crippen LogP contribution in [0.25, 0.3) is 0 Å². The number of ether oxygens (including phenoxy) is 1. The van der Waals surface area contributed by atoms with Crippen molar-refractivity contribution in [2.24, 2.45) is 0 Å². The molecule has 0 amide bonds. The van der Waals surface area contributed by atoms with E-state index in [2.05, 4.69) is 26.0 Å². The van der Waals surface area contributed by atoms with Crippen molar-refractivity contribution in [3.63, 3.8) is 0 Å². The van der Waals surface area contributed by atoms with Crippen molar-refractivity contribution in [3.05, 3.63) is 12.2 Å². The Labute approximate surface area is 160 Å². The normalized spacial score (nSPS) is 11.0. The van der Waals surface area contributed by atoms with Gasteiger partial charge in [0, 0.05) is 13.2 Å². The molecule has 134 valence electrons. The predicted molar refractivity (Wildman–Crippen MR) is 104 cm³/mol. The second kappa shape index (κ2) is 23.9. The van der Waals surface area contributed by atoms with Crippen molar-refractivity contribution in [1.82, 2.24) is 0 Å². The maximum atomic E-state index is 5.34. The molecule has 0 aliphatic heterocycles. The van der Waals surface area contributed by atoms with E-state index in [-0.39, 0.29) is 26.6 Å². The molecule has 0 saturated carbocycles. The molecule has 0 aliphatic carbocycles. The Morgan fingerprint density at radius 3 is 1.55 bits per heavy atom. The third-order valence-corrected chi connectivity index (χ3v) is 4.00. The van der Waals surface area contributed by atoms with Crippen LogP contribution in [0.2, 0.25) is 0 Å². The molecule has 0 aliphatic rings. The average molecular weight is 508 g/mol. The van der Waals surface area contributed by atoms with Gasteiger partial charge in [0.25, 0.3) is 0 Å². The first-order valence-corrected chi connectivity index (χ1v) is 9.64. The van der Waals surface area contributed by atoms with Gasteiger partial charge in [0.05, 0.1) is 0 Å². The van der Waals surface area contributed by atoms with Crippen LogP contribution in [-0.2, 0) is 4.74 Å². The maximum absolute atomic E-state index is 5.34. The van der Waals surface area contributed by atoms with Crippen molar-refractivity contribution in [3.8, 4) is 0 Å². The Morgan fingerprint density at radius 2 is 1.05 bits per heavy atom. The van der Waals surface area contributed by atoms with E-state index >= 15 is 0 Å². The minimum absolute atomic E-state index is 0. The summed E-state index contributed by atoms with van der Waals surface area (Å²) in [6.45, 7) is 6.17. The molecule has 0 rings (SSSR count). The quantitative estimate of drug-likeness (QED) is 0.170. The summed E-state index contributed by atoms with van der Waals surface area (Å²) < 4.78 is 5.34. The van der Waals surface area contributed by atoms with Gasteiger partial charge in [-0.05, 0) is 39.0 Å². The molecule has 0 spiro atoms. The summed E-state index contributed by atoms with van der Waals surface area (Å²) in [6, 6.07) is 0. The second-order valence-corrected chi connectivity index (χ2v) is 6.13. The monoisotopic (exact) mass is 507 g/mol. The van der Waals surface area contributed by atoms with E-state index in [0.717, 1.165) is 13.2 Å². The summed E-state index contributed by atoms with van der Waals surface area (Å²) in [4.78, 5) is 0. The Bertz CT molecular complexity index is 204. The van der Waals surface area contributed by atoms with Gasteiger partial charge in [0.2, 0.25) is 0 Å². The summed E-state index contributed by atoms with van der Waals surface area (Å²) >= 11 is 0. The molecule has 0 fully saturated rings. The van der Waals surface area contributed by atoms with Crippen LogP contribution in [0.4, 0.5) is 0 Å². The van der Waals surface area contributed by atoms with Gasteiger partial charge in [-0.3, -0.25) is 0 Å². The molecule has 0 aromatic heterocycles. The predicted octanol–water partition coefficient (Wildman–Crippen LogP) is 6.14. The van der Waals surface area contributed by atoms with Crippen molar-refractivity contribution < 1.29 is 4.74 Å². The Balaban J connectivity index is 0. The zero-order valence-electron chi connectivity index (χ0n) is 15.4. The van der Waals surface area contributed by atoms with Crippen LogP contribution in [0.15, 0.2) is 12.2 Å². The molecule has 0 atom stereocenters. The first-order chi connectivity index (χ1) is 10.4. The van der Waals surface area contributed by atoms with E-state index in [9.17, 15) is 0 Å². The number of rotatable bonds is 17. The van der Waals surface area contributed by atoms with Crippen LogP contribution in [-0.4, -0.2) is 39.8 Å². The number of unbranched alkanes of at least 4 members (excludes halogenated alkanes) is 12. The summed E-state index contributed by atoms with van der Waals surface area (Å²) in [5.74, 6) is 0. The van der Waals surface area contributed by atoms with Gasteiger partial charge in [-0.15, -0.1) is 0 Å². The zero-order valence-corrected chi connectivity index (χ0v) is 19.3. The molecule has 0 aromatic carbocycles. The second-order valence-electron chi connectivity index (χ2n) is 6.13. The molecule has 22 heavy (non-hydrogen) atoms. The standard InChI is InChI=1S/C20H40O.Po.2H/c1-3-5-6-7-8-9-10-11-12-13-14-15-16-17-18-19-20-21-4-2;;;/h11-12H,3-10,13-20H2,1-2H3;;;/b12-11-;;;. The van der Waals surface area contributed by atoms with Gasteiger partial charge in [-0.2, -0.15) is 0 Å². The van der Waals surface area contributed by atoms with Gasteiger partial charge >= 0.3 is 26.6 Å². The molecule has 0 radical (unpaired) electrons. The van der Waals surface area contributed by atoms with E-state index < -0.39 is 0 Å². The van der Waals surface area contributed by atoms with Crippen LogP contribution >= 0.6 is 0 Å². The Hall–Kier alpha value is 0.596. The van der Waals surface area contributed by atoms with E-state index in [0.29, 0.717) is 0 Å². The Kier molecular flexibility index (Phi) is 26.9. The molecule has 0 saturated heterocycles. The molecular weight excluding hydrogens is 465 g/mol. The van der Waals surface area contributed by atoms with Gasteiger partial charge in [-0.25, -0.2) is 0 Å². The fourth-order valence-electron chi connectivity index (χ4n) is 2.60. The molecule has 0 unspecified atom stereocenters. The van der Waals surface area contributed by atoms with Crippen LogP contribution in [0.1, 0.15) is 104 Å². The van der Waals surface area contributed by atoms with Crippen molar-refractivity contribution >= 4 is 26.6 Å². The van der Waals surface area contributed by atoms with Crippen molar-refractivity contribution in [2.45, 2.75) is 104 Å². The molecule has 0 aromatic rings. The first-order valence-electron chi connectivity index (χ1n) is 9.64. The van der Waals surface area contributed by atoms with Crippen molar-refractivity contribution in [2.75, 3.05) is 13.2 Å². The Morgan fingerprint density at radius 1 is 0.591 bits per heavy atom. The molecule has 0 heterocycles.